The number of hydrogen-bond donors (Lipinski definition) is 1. The summed E-state index contributed by atoms with van der Waals surface area (Å²) in [5.41, 5.74) is 2.62. The van der Waals surface area contributed by atoms with E-state index in [2.05, 4.69) is 10.5 Å². The van der Waals surface area contributed by atoms with Crippen LogP contribution in [-0.4, -0.2) is 36.0 Å². The summed E-state index contributed by atoms with van der Waals surface area (Å²) in [5.74, 6) is 0.181. The van der Waals surface area contributed by atoms with E-state index in [9.17, 15) is 9.59 Å². The molecule has 0 aliphatic heterocycles. The molecule has 2 aromatic carbocycles. The average Bonchev–Trinajstić information content (AvgIpc) is 3.18. The molecule has 1 heterocycles. The lowest BCUT2D eigenvalue weighted by Gasteiger charge is -2.15. The van der Waals surface area contributed by atoms with Crippen LogP contribution in [0.3, 0.4) is 0 Å². The number of nitrogens with one attached hydrogen (secondary N) is 1. The Bertz CT molecular complexity index is 902. The van der Waals surface area contributed by atoms with Gasteiger partial charge in [0.1, 0.15) is 0 Å². The highest BCUT2D eigenvalue weighted by Gasteiger charge is 2.18. The quantitative estimate of drug-likeness (QED) is 0.768. The molecule has 0 spiro atoms. The predicted molar refractivity (Wildman–Crippen MR) is 97.6 cm³/mol. The van der Waals surface area contributed by atoms with Gasteiger partial charge in [-0.25, -0.2) is 0 Å². The fraction of sp³-hybridized carbons (Fsp3) is 0.150. The van der Waals surface area contributed by atoms with Crippen LogP contribution >= 0.6 is 0 Å². The molecule has 6 nitrogen and oxygen atoms in total. The molecule has 0 aliphatic rings. The topological polar surface area (TPSA) is 75.4 Å². The molecule has 6 heteroatoms. The summed E-state index contributed by atoms with van der Waals surface area (Å²) >= 11 is 0. The van der Waals surface area contributed by atoms with Crippen molar-refractivity contribution in [2.24, 2.45) is 0 Å². The number of amides is 2. The van der Waals surface area contributed by atoms with E-state index in [1.807, 2.05) is 42.5 Å². The monoisotopic (exact) mass is 349 g/mol. The summed E-state index contributed by atoms with van der Waals surface area (Å²) in [5, 5.41) is 6.46. The van der Waals surface area contributed by atoms with E-state index in [-0.39, 0.29) is 17.5 Å². The van der Waals surface area contributed by atoms with Crippen LogP contribution in [0.1, 0.15) is 26.4 Å². The van der Waals surface area contributed by atoms with Crippen LogP contribution in [0.5, 0.6) is 0 Å². The van der Waals surface area contributed by atoms with Crippen LogP contribution in [-0.2, 0) is 6.54 Å². The lowest BCUT2D eigenvalue weighted by Crippen LogP contribution is -2.26. The van der Waals surface area contributed by atoms with Crippen molar-refractivity contribution in [2.45, 2.75) is 6.54 Å². The van der Waals surface area contributed by atoms with E-state index in [4.69, 9.17) is 4.52 Å². The molecule has 26 heavy (non-hydrogen) atoms. The molecular weight excluding hydrogens is 330 g/mol. The standard InChI is InChI=1S/C20H19N3O3/c1-21-19(24)16-10-8-14(9-11-16)13-23(2)20(25)17-12-18(26-22-17)15-6-4-3-5-7-15/h3-12H,13H2,1-2H3,(H,21,24). The molecule has 0 bridgehead atoms. The molecule has 0 fully saturated rings. The fourth-order valence-electron chi connectivity index (χ4n) is 2.56. The van der Waals surface area contributed by atoms with Crippen molar-refractivity contribution in [3.8, 4) is 11.3 Å². The minimum Gasteiger partial charge on any atom is -0.355 e. The van der Waals surface area contributed by atoms with Crippen LogP contribution in [0.25, 0.3) is 11.3 Å². The zero-order valence-corrected chi connectivity index (χ0v) is 14.6. The van der Waals surface area contributed by atoms with Crippen molar-refractivity contribution in [2.75, 3.05) is 14.1 Å². The van der Waals surface area contributed by atoms with Crippen LogP contribution < -0.4 is 5.32 Å². The first-order chi connectivity index (χ1) is 12.6. The third kappa shape index (κ3) is 3.80. The van der Waals surface area contributed by atoms with E-state index >= 15 is 0 Å². The Morgan fingerprint density at radius 2 is 1.77 bits per heavy atom. The van der Waals surface area contributed by atoms with Gasteiger partial charge in [-0.15, -0.1) is 0 Å². The second kappa shape index (κ2) is 7.65. The Morgan fingerprint density at radius 1 is 1.08 bits per heavy atom. The molecule has 1 aromatic heterocycles. The molecular formula is C20H19N3O3. The zero-order valence-electron chi connectivity index (χ0n) is 14.6. The third-order valence-electron chi connectivity index (χ3n) is 4.00. The van der Waals surface area contributed by atoms with Crippen molar-refractivity contribution in [3.05, 3.63) is 77.5 Å². The number of benzene rings is 2. The lowest BCUT2D eigenvalue weighted by molar-refractivity contribution is 0.0774. The number of carbonyl (C=O) groups is 2. The van der Waals surface area contributed by atoms with Crippen molar-refractivity contribution < 1.29 is 14.1 Å². The van der Waals surface area contributed by atoms with Crippen LogP contribution in [0, 0.1) is 0 Å². The molecule has 2 amide bonds. The summed E-state index contributed by atoms with van der Waals surface area (Å²) in [6.07, 6.45) is 0. The van der Waals surface area contributed by atoms with Gasteiger partial charge >= 0.3 is 0 Å². The maximum absolute atomic E-state index is 12.6. The van der Waals surface area contributed by atoms with Crippen molar-refractivity contribution >= 4 is 11.8 Å². The van der Waals surface area contributed by atoms with E-state index in [0.29, 0.717) is 17.9 Å². The van der Waals surface area contributed by atoms with Gasteiger partial charge in [0.25, 0.3) is 11.8 Å². The first-order valence-electron chi connectivity index (χ1n) is 8.17. The van der Waals surface area contributed by atoms with Gasteiger partial charge in [0, 0.05) is 37.8 Å². The van der Waals surface area contributed by atoms with E-state index in [0.717, 1.165) is 11.1 Å². The highest BCUT2D eigenvalue weighted by atomic mass is 16.5. The molecule has 0 atom stereocenters. The zero-order chi connectivity index (χ0) is 18.5. The van der Waals surface area contributed by atoms with Gasteiger partial charge in [-0.2, -0.15) is 0 Å². The predicted octanol–water partition coefficient (Wildman–Crippen LogP) is 2.97. The van der Waals surface area contributed by atoms with Gasteiger partial charge in [0.15, 0.2) is 11.5 Å². The second-order valence-corrected chi connectivity index (χ2v) is 5.88. The summed E-state index contributed by atoms with van der Waals surface area (Å²) in [7, 11) is 3.29. The molecule has 3 aromatic rings. The first-order valence-corrected chi connectivity index (χ1v) is 8.17. The van der Waals surface area contributed by atoms with E-state index in [1.165, 1.54) is 0 Å². The van der Waals surface area contributed by atoms with Crippen molar-refractivity contribution in [3.63, 3.8) is 0 Å². The largest absolute Gasteiger partial charge is 0.355 e. The van der Waals surface area contributed by atoms with Gasteiger partial charge in [-0.05, 0) is 17.7 Å². The Hall–Kier alpha value is -3.41. The van der Waals surface area contributed by atoms with Gasteiger partial charge < -0.3 is 14.7 Å². The average molecular weight is 349 g/mol. The van der Waals surface area contributed by atoms with E-state index in [1.54, 1.807) is 37.2 Å². The lowest BCUT2D eigenvalue weighted by atomic mass is 10.1. The number of nitrogens with zero attached hydrogens (tertiary/aromatic N) is 2. The summed E-state index contributed by atoms with van der Waals surface area (Å²) in [6.45, 7) is 0.403. The van der Waals surface area contributed by atoms with Crippen molar-refractivity contribution in [1.82, 2.24) is 15.4 Å². The highest BCUT2D eigenvalue weighted by Crippen LogP contribution is 2.20. The molecule has 3 rings (SSSR count). The molecule has 0 saturated heterocycles. The maximum Gasteiger partial charge on any atom is 0.276 e. The van der Waals surface area contributed by atoms with E-state index < -0.39 is 0 Å². The first kappa shape index (κ1) is 17.4. The molecule has 0 unspecified atom stereocenters. The second-order valence-electron chi connectivity index (χ2n) is 5.88. The Labute approximate surface area is 151 Å². The number of rotatable bonds is 5. The normalized spacial score (nSPS) is 10.4. The summed E-state index contributed by atoms with van der Waals surface area (Å²) < 4.78 is 5.28. The van der Waals surface area contributed by atoms with Crippen molar-refractivity contribution in [1.29, 1.82) is 0 Å². The highest BCUT2D eigenvalue weighted by molar-refractivity contribution is 5.94. The third-order valence-corrected chi connectivity index (χ3v) is 4.00. The maximum atomic E-state index is 12.6. The molecule has 0 saturated carbocycles. The Morgan fingerprint density at radius 3 is 2.42 bits per heavy atom. The molecule has 1 N–H and O–H groups in total. The minimum atomic E-state index is -0.230. The molecule has 0 aliphatic carbocycles. The van der Waals surface area contributed by atoms with Gasteiger partial charge in [0.05, 0.1) is 0 Å². The Kier molecular flexibility index (Phi) is 5.12. The van der Waals surface area contributed by atoms with Gasteiger partial charge in [-0.3, -0.25) is 9.59 Å². The minimum absolute atomic E-state index is 0.142. The summed E-state index contributed by atoms with van der Waals surface area (Å²) in [6, 6.07) is 18.3. The summed E-state index contributed by atoms with van der Waals surface area (Å²) in [4.78, 5) is 25.7. The van der Waals surface area contributed by atoms with Crippen LogP contribution in [0.2, 0.25) is 0 Å². The fourth-order valence-corrected chi connectivity index (χ4v) is 2.56. The molecule has 132 valence electrons. The SMILES string of the molecule is CNC(=O)c1ccc(CN(C)C(=O)c2cc(-c3ccccc3)on2)cc1. The number of aromatic nitrogens is 1. The smallest absolute Gasteiger partial charge is 0.276 e. The number of carbonyl (C=O) groups excluding carboxylic acids is 2. The van der Waals surface area contributed by atoms with Crippen LogP contribution in [0.15, 0.2) is 65.2 Å². The number of hydrogen-bond acceptors (Lipinski definition) is 4. The van der Waals surface area contributed by atoms with Gasteiger partial charge in [0.2, 0.25) is 0 Å². The Balaban J connectivity index is 1.68. The van der Waals surface area contributed by atoms with Crippen LogP contribution in [0.4, 0.5) is 0 Å². The van der Waals surface area contributed by atoms with Gasteiger partial charge in [-0.1, -0.05) is 47.6 Å². The molecule has 0 radical (unpaired) electrons.